The lowest BCUT2D eigenvalue weighted by atomic mass is 10.2. The highest BCUT2D eigenvalue weighted by atomic mass is 79.9. The van der Waals surface area contributed by atoms with Crippen LogP contribution >= 0.6 is 50.2 Å². The maximum atomic E-state index is 5.90. The second-order valence-corrected chi connectivity index (χ2v) is 8.07. The van der Waals surface area contributed by atoms with Gasteiger partial charge < -0.3 is 5.32 Å². The van der Waals surface area contributed by atoms with E-state index in [-0.39, 0.29) is 0 Å². The van der Waals surface area contributed by atoms with E-state index < -0.39 is 0 Å². The van der Waals surface area contributed by atoms with Crippen LogP contribution in [0.3, 0.4) is 0 Å². The van der Waals surface area contributed by atoms with Gasteiger partial charge >= 0.3 is 0 Å². The predicted molar refractivity (Wildman–Crippen MR) is 81.5 cm³/mol. The lowest BCUT2D eigenvalue weighted by molar-refractivity contribution is 0.586. The Morgan fingerprint density at radius 3 is 2.71 bits per heavy atom. The minimum absolute atomic E-state index is 0.404. The maximum absolute atomic E-state index is 5.90. The molecule has 1 atom stereocenters. The van der Waals surface area contributed by atoms with Crippen LogP contribution in [0.2, 0.25) is 4.34 Å². The molecule has 0 spiro atoms. The second kappa shape index (κ2) is 6.34. The predicted octanol–water partition coefficient (Wildman–Crippen LogP) is 5.12. The summed E-state index contributed by atoms with van der Waals surface area (Å²) < 4.78 is 2.06. The van der Waals surface area contributed by atoms with Crippen LogP contribution in [-0.2, 0) is 6.42 Å². The summed E-state index contributed by atoms with van der Waals surface area (Å²) in [5.41, 5.74) is 0. The van der Waals surface area contributed by atoms with Gasteiger partial charge in [0.15, 0.2) is 0 Å². The number of thiophene rings is 2. The molecular formula is C12H13BrClNS2. The van der Waals surface area contributed by atoms with Crippen molar-refractivity contribution in [1.29, 1.82) is 0 Å². The Kier molecular flexibility index (Phi) is 5.06. The van der Waals surface area contributed by atoms with E-state index in [1.54, 1.807) is 22.7 Å². The van der Waals surface area contributed by atoms with Crippen LogP contribution in [-0.4, -0.2) is 6.54 Å². The van der Waals surface area contributed by atoms with Crippen LogP contribution < -0.4 is 5.32 Å². The van der Waals surface area contributed by atoms with Gasteiger partial charge in [0, 0.05) is 22.3 Å². The summed E-state index contributed by atoms with van der Waals surface area (Å²) in [6.07, 6.45) is 1.04. The van der Waals surface area contributed by atoms with E-state index in [0.717, 1.165) is 17.3 Å². The average Bonchev–Trinajstić information content (AvgIpc) is 2.88. The third-order valence-corrected chi connectivity index (χ3v) is 5.57. The first-order chi connectivity index (χ1) is 8.15. The Bertz CT molecular complexity index is 480. The van der Waals surface area contributed by atoms with Crippen molar-refractivity contribution in [2.75, 3.05) is 6.54 Å². The van der Waals surface area contributed by atoms with Gasteiger partial charge in [0.2, 0.25) is 0 Å². The lowest BCUT2D eigenvalue weighted by Crippen LogP contribution is -2.20. The molecule has 0 fully saturated rings. The van der Waals surface area contributed by atoms with Gasteiger partial charge in [-0.25, -0.2) is 0 Å². The molecule has 5 heteroatoms. The van der Waals surface area contributed by atoms with Crippen molar-refractivity contribution >= 4 is 50.2 Å². The topological polar surface area (TPSA) is 12.0 Å². The lowest BCUT2D eigenvalue weighted by Gasteiger charge is -2.11. The van der Waals surface area contributed by atoms with Crippen LogP contribution in [0.5, 0.6) is 0 Å². The number of hydrogen-bond acceptors (Lipinski definition) is 3. The summed E-state index contributed by atoms with van der Waals surface area (Å²) in [5, 5.41) is 3.52. The van der Waals surface area contributed by atoms with Crippen molar-refractivity contribution in [2.24, 2.45) is 0 Å². The fourth-order valence-electron chi connectivity index (χ4n) is 1.56. The van der Waals surface area contributed by atoms with Crippen LogP contribution in [0.4, 0.5) is 0 Å². The highest BCUT2D eigenvalue weighted by Crippen LogP contribution is 2.27. The molecule has 2 aromatic rings. The first-order valence-electron chi connectivity index (χ1n) is 5.38. The van der Waals surface area contributed by atoms with Crippen molar-refractivity contribution in [3.05, 3.63) is 42.1 Å². The average molecular weight is 351 g/mol. The first-order valence-corrected chi connectivity index (χ1v) is 8.18. The second-order valence-electron chi connectivity index (χ2n) is 3.77. The zero-order chi connectivity index (χ0) is 12.3. The van der Waals surface area contributed by atoms with Gasteiger partial charge in [-0.15, -0.1) is 22.7 Å². The molecule has 1 nitrogen and oxygen atoms in total. The van der Waals surface area contributed by atoms with Crippen LogP contribution in [0, 0.1) is 0 Å². The molecule has 17 heavy (non-hydrogen) atoms. The van der Waals surface area contributed by atoms with E-state index in [9.17, 15) is 0 Å². The third-order valence-electron chi connectivity index (χ3n) is 2.47. The standard InChI is InChI=1S/C12H13BrClNS2/c1-8(10-3-4-11(13)17-10)15-7-6-9-2-5-12(14)16-9/h2-5,8,15H,6-7H2,1H3. The van der Waals surface area contributed by atoms with Gasteiger partial charge in [-0.3, -0.25) is 0 Å². The van der Waals surface area contributed by atoms with Gasteiger partial charge in [-0.2, -0.15) is 0 Å². The Morgan fingerprint density at radius 2 is 2.12 bits per heavy atom. The minimum Gasteiger partial charge on any atom is -0.309 e. The molecule has 1 unspecified atom stereocenters. The number of hydrogen-bond donors (Lipinski definition) is 1. The molecule has 0 aromatic carbocycles. The molecule has 0 radical (unpaired) electrons. The highest BCUT2D eigenvalue weighted by molar-refractivity contribution is 9.11. The van der Waals surface area contributed by atoms with E-state index in [4.69, 9.17) is 11.6 Å². The Balaban J connectivity index is 1.78. The van der Waals surface area contributed by atoms with Crippen molar-refractivity contribution < 1.29 is 0 Å². The molecule has 2 rings (SSSR count). The van der Waals surface area contributed by atoms with Gasteiger partial charge in [0.1, 0.15) is 0 Å². The van der Waals surface area contributed by atoms with Crippen molar-refractivity contribution in [3.63, 3.8) is 0 Å². The smallest absolute Gasteiger partial charge is 0.0931 e. The summed E-state index contributed by atoms with van der Waals surface area (Å²) in [7, 11) is 0. The van der Waals surface area contributed by atoms with Crippen LogP contribution in [0.25, 0.3) is 0 Å². The zero-order valence-corrected chi connectivity index (χ0v) is 13.3. The van der Waals surface area contributed by atoms with E-state index in [1.807, 2.05) is 6.07 Å². The fourth-order valence-corrected chi connectivity index (χ4v) is 4.10. The molecule has 0 saturated carbocycles. The van der Waals surface area contributed by atoms with Crippen molar-refractivity contribution in [3.8, 4) is 0 Å². The Morgan fingerprint density at radius 1 is 1.29 bits per heavy atom. The van der Waals surface area contributed by atoms with Crippen LogP contribution in [0.1, 0.15) is 22.7 Å². The number of halogens is 2. The molecule has 92 valence electrons. The fraction of sp³-hybridized carbons (Fsp3) is 0.333. The van der Waals surface area contributed by atoms with Crippen molar-refractivity contribution in [2.45, 2.75) is 19.4 Å². The van der Waals surface area contributed by atoms with Crippen molar-refractivity contribution in [1.82, 2.24) is 5.32 Å². The quantitative estimate of drug-likeness (QED) is 0.789. The molecule has 0 aliphatic carbocycles. The summed E-state index contributed by atoms with van der Waals surface area (Å²) in [6, 6.07) is 8.72. The zero-order valence-electron chi connectivity index (χ0n) is 9.37. The Labute approximate surface area is 123 Å². The van der Waals surface area contributed by atoms with E-state index in [1.165, 1.54) is 13.5 Å². The molecule has 0 amide bonds. The summed E-state index contributed by atoms with van der Waals surface area (Å²) in [4.78, 5) is 2.70. The van der Waals surface area contributed by atoms with Gasteiger partial charge in [-0.1, -0.05) is 11.6 Å². The number of nitrogens with one attached hydrogen (secondary N) is 1. The monoisotopic (exact) mass is 349 g/mol. The first kappa shape index (κ1) is 13.6. The normalized spacial score (nSPS) is 12.9. The largest absolute Gasteiger partial charge is 0.309 e. The molecular weight excluding hydrogens is 338 g/mol. The molecule has 0 saturated heterocycles. The molecule has 2 aromatic heterocycles. The Hall–Kier alpha value is 0.130. The summed E-state index contributed by atoms with van der Waals surface area (Å²) >= 11 is 12.8. The van der Waals surface area contributed by atoms with E-state index >= 15 is 0 Å². The minimum atomic E-state index is 0.404. The summed E-state index contributed by atoms with van der Waals surface area (Å²) in [6.45, 7) is 3.17. The van der Waals surface area contributed by atoms with E-state index in [2.05, 4.69) is 46.4 Å². The maximum Gasteiger partial charge on any atom is 0.0931 e. The SMILES string of the molecule is CC(NCCc1ccc(Cl)s1)c1ccc(Br)s1. The highest BCUT2D eigenvalue weighted by Gasteiger charge is 2.07. The molecule has 0 aliphatic heterocycles. The third kappa shape index (κ3) is 4.07. The number of rotatable bonds is 5. The molecule has 2 heterocycles. The van der Waals surface area contributed by atoms with Gasteiger partial charge in [0.05, 0.1) is 8.12 Å². The molecule has 1 N–H and O–H groups in total. The van der Waals surface area contributed by atoms with E-state index in [0.29, 0.717) is 6.04 Å². The van der Waals surface area contributed by atoms with Crippen LogP contribution in [0.15, 0.2) is 28.1 Å². The van der Waals surface area contributed by atoms with Gasteiger partial charge in [0.25, 0.3) is 0 Å². The molecule has 0 aliphatic rings. The van der Waals surface area contributed by atoms with Gasteiger partial charge in [-0.05, 0) is 53.5 Å². The molecule has 0 bridgehead atoms. The summed E-state index contributed by atoms with van der Waals surface area (Å²) in [5.74, 6) is 0.